The molecule has 1 heterocycles. The predicted molar refractivity (Wildman–Crippen MR) is 125 cm³/mol. The standard InChI is InChI=1S/C17H18FNOS.C9H9F3O/c18-15-6-8-16(9-7-15)21(20)17-10-11-19(13-17)12-14-4-2-1-3-5-14;1-8(13,9(10,11)12)7-5-3-2-4-6-7/h1-9,17H,10-13H2;2-6,13H,1H3. The van der Waals surface area contributed by atoms with E-state index in [1.807, 2.05) is 18.2 Å². The molecule has 1 N–H and O–H groups in total. The maximum absolute atomic E-state index is 12.9. The third-order valence-corrected chi connectivity index (χ3v) is 7.44. The van der Waals surface area contributed by atoms with Gasteiger partial charge in [-0.25, -0.2) is 4.39 Å². The first-order valence-electron chi connectivity index (χ1n) is 10.8. The fourth-order valence-electron chi connectivity index (χ4n) is 3.64. The average molecular weight is 494 g/mol. The van der Waals surface area contributed by atoms with Crippen LogP contribution in [0.2, 0.25) is 0 Å². The summed E-state index contributed by atoms with van der Waals surface area (Å²) in [6.45, 7) is 3.44. The summed E-state index contributed by atoms with van der Waals surface area (Å²) < 4.78 is 62.3. The van der Waals surface area contributed by atoms with E-state index in [0.717, 1.165) is 37.9 Å². The lowest BCUT2D eigenvalue weighted by Crippen LogP contribution is -2.39. The zero-order valence-electron chi connectivity index (χ0n) is 18.7. The van der Waals surface area contributed by atoms with Gasteiger partial charge in [0.2, 0.25) is 0 Å². The van der Waals surface area contributed by atoms with Gasteiger partial charge >= 0.3 is 6.18 Å². The quantitative estimate of drug-likeness (QED) is 0.466. The van der Waals surface area contributed by atoms with Gasteiger partial charge in [0, 0.05) is 18.0 Å². The molecule has 8 heteroatoms. The van der Waals surface area contributed by atoms with Gasteiger partial charge in [0.05, 0.1) is 16.0 Å². The molecule has 0 amide bonds. The molecule has 3 aromatic rings. The molecule has 3 aromatic carbocycles. The van der Waals surface area contributed by atoms with E-state index in [1.165, 1.54) is 42.0 Å². The monoisotopic (exact) mass is 493 g/mol. The minimum absolute atomic E-state index is 0.138. The van der Waals surface area contributed by atoms with Crippen LogP contribution in [0, 0.1) is 5.82 Å². The van der Waals surface area contributed by atoms with Gasteiger partial charge in [-0.3, -0.25) is 9.11 Å². The molecule has 1 fully saturated rings. The Bertz CT molecular complexity index is 1060. The van der Waals surface area contributed by atoms with Crippen molar-refractivity contribution >= 4 is 10.8 Å². The van der Waals surface area contributed by atoms with E-state index in [1.54, 1.807) is 18.2 Å². The minimum atomic E-state index is -4.64. The first-order valence-corrected chi connectivity index (χ1v) is 12.1. The Morgan fingerprint density at radius 3 is 2.06 bits per heavy atom. The van der Waals surface area contributed by atoms with E-state index in [-0.39, 0.29) is 16.6 Å². The summed E-state index contributed by atoms with van der Waals surface area (Å²) in [7, 11) is -1.05. The van der Waals surface area contributed by atoms with Gasteiger partial charge in [0.25, 0.3) is 0 Å². The van der Waals surface area contributed by atoms with Crippen LogP contribution in [-0.4, -0.2) is 38.7 Å². The van der Waals surface area contributed by atoms with Crippen LogP contribution in [0.25, 0.3) is 0 Å². The minimum Gasteiger partial charge on any atom is -0.376 e. The molecular weight excluding hydrogens is 466 g/mol. The zero-order chi connectivity index (χ0) is 24.8. The number of likely N-dealkylation sites (tertiary alicyclic amines) is 1. The Balaban J connectivity index is 0.000000215. The van der Waals surface area contributed by atoms with Crippen LogP contribution in [0.1, 0.15) is 24.5 Å². The van der Waals surface area contributed by atoms with E-state index in [2.05, 4.69) is 17.0 Å². The SMILES string of the molecule is CC(O)(c1ccccc1)C(F)(F)F.O=S(c1ccc(F)cc1)C1CCN(Cc2ccccc2)C1. The lowest BCUT2D eigenvalue weighted by Gasteiger charge is -2.26. The Morgan fingerprint density at radius 2 is 1.50 bits per heavy atom. The summed E-state index contributed by atoms with van der Waals surface area (Å²) in [5.41, 5.74) is -1.64. The third-order valence-electron chi connectivity index (χ3n) is 5.71. The maximum Gasteiger partial charge on any atom is 0.421 e. The molecule has 0 aromatic heterocycles. The zero-order valence-corrected chi connectivity index (χ0v) is 19.5. The number of nitrogens with zero attached hydrogens (tertiary/aromatic N) is 1. The molecule has 0 saturated carbocycles. The smallest absolute Gasteiger partial charge is 0.376 e. The van der Waals surface area contributed by atoms with Gasteiger partial charge < -0.3 is 5.11 Å². The fourth-order valence-corrected chi connectivity index (χ4v) is 5.10. The summed E-state index contributed by atoms with van der Waals surface area (Å²) in [6.07, 6.45) is -3.72. The van der Waals surface area contributed by atoms with Gasteiger partial charge in [-0.1, -0.05) is 60.7 Å². The molecule has 1 aliphatic heterocycles. The Labute approximate surface area is 199 Å². The highest BCUT2D eigenvalue weighted by atomic mass is 32.2. The number of alkyl halides is 3. The van der Waals surface area contributed by atoms with Gasteiger partial charge in [-0.05, 0) is 55.3 Å². The van der Waals surface area contributed by atoms with Crippen molar-refractivity contribution < 1.29 is 26.9 Å². The van der Waals surface area contributed by atoms with Crippen molar-refractivity contribution in [1.29, 1.82) is 0 Å². The van der Waals surface area contributed by atoms with Crippen molar-refractivity contribution in [2.75, 3.05) is 13.1 Å². The van der Waals surface area contributed by atoms with Gasteiger partial charge in [0.1, 0.15) is 5.82 Å². The van der Waals surface area contributed by atoms with Crippen LogP contribution >= 0.6 is 0 Å². The van der Waals surface area contributed by atoms with E-state index in [4.69, 9.17) is 0 Å². The highest BCUT2D eigenvalue weighted by molar-refractivity contribution is 7.85. The van der Waals surface area contributed by atoms with E-state index < -0.39 is 22.6 Å². The number of hydrogen-bond acceptors (Lipinski definition) is 3. The molecule has 4 rings (SSSR count). The van der Waals surface area contributed by atoms with Crippen LogP contribution in [0.5, 0.6) is 0 Å². The van der Waals surface area contributed by atoms with Crippen molar-refractivity contribution in [3.8, 4) is 0 Å². The van der Waals surface area contributed by atoms with E-state index in [9.17, 15) is 26.9 Å². The molecule has 34 heavy (non-hydrogen) atoms. The number of hydrogen-bond donors (Lipinski definition) is 1. The number of rotatable bonds is 5. The Kier molecular flexibility index (Phi) is 8.62. The van der Waals surface area contributed by atoms with Crippen LogP contribution < -0.4 is 0 Å². The fraction of sp³-hybridized carbons (Fsp3) is 0.308. The van der Waals surface area contributed by atoms with Crippen molar-refractivity contribution in [3.63, 3.8) is 0 Å². The van der Waals surface area contributed by atoms with Crippen molar-refractivity contribution in [2.45, 2.75) is 41.8 Å². The second-order valence-electron chi connectivity index (χ2n) is 8.32. The lowest BCUT2D eigenvalue weighted by molar-refractivity contribution is -0.258. The highest BCUT2D eigenvalue weighted by Crippen LogP contribution is 2.38. The maximum atomic E-state index is 12.9. The van der Waals surface area contributed by atoms with Gasteiger partial charge in [0.15, 0.2) is 5.60 Å². The van der Waals surface area contributed by atoms with Crippen LogP contribution in [0.15, 0.2) is 89.8 Å². The lowest BCUT2D eigenvalue weighted by atomic mass is 9.96. The average Bonchev–Trinajstić information content (AvgIpc) is 3.28. The molecule has 0 spiro atoms. The second kappa shape index (κ2) is 11.3. The predicted octanol–water partition coefficient (Wildman–Crippen LogP) is 5.66. The highest BCUT2D eigenvalue weighted by Gasteiger charge is 2.50. The molecule has 0 radical (unpaired) electrons. The van der Waals surface area contributed by atoms with Crippen molar-refractivity contribution in [3.05, 3.63) is 102 Å². The van der Waals surface area contributed by atoms with Crippen LogP contribution in [0.3, 0.4) is 0 Å². The molecule has 1 aliphatic rings. The molecule has 3 atom stereocenters. The Hall–Kier alpha value is -2.55. The number of aliphatic hydroxyl groups is 1. The molecule has 0 bridgehead atoms. The normalized spacial score (nSPS) is 19.1. The van der Waals surface area contributed by atoms with E-state index in [0.29, 0.717) is 0 Å². The molecule has 3 unspecified atom stereocenters. The number of halogens is 4. The number of benzene rings is 3. The van der Waals surface area contributed by atoms with Crippen molar-refractivity contribution in [1.82, 2.24) is 4.90 Å². The summed E-state index contributed by atoms with van der Waals surface area (Å²) in [5, 5.41) is 9.34. The van der Waals surface area contributed by atoms with Crippen LogP contribution in [-0.2, 0) is 22.9 Å². The summed E-state index contributed by atoms with van der Waals surface area (Å²) in [5.74, 6) is -0.284. The van der Waals surface area contributed by atoms with Crippen molar-refractivity contribution in [2.24, 2.45) is 0 Å². The van der Waals surface area contributed by atoms with Crippen LogP contribution in [0.4, 0.5) is 17.6 Å². The third kappa shape index (κ3) is 6.74. The largest absolute Gasteiger partial charge is 0.421 e. The van der Waals surface area contributed by atoms with Gasteiger partial charge in [-0.15, -0.1) is 0 Å². The summed E-state index contributed by atoms with van der Waals surface area (Å²) in [4.78, 5) is 3.06. The second-order valence-corrected chi connectivity index (χ2v) is 10.1. The Morgan fingerprint density at radius 1 is 0.941 bits per heavy atom. The van der Waals surface area contributed by atoms with E-state index >= 15 is 0 Å². The van der Waals surface area contributed by atoms with Gasteiger partial charge in [-0.2, -0.15) is 13.2 Å². The molecule has 182 valence electrons. The first-order chi connectivity index (χ1) is 16.1. The first kappa shape index (κ1) is 26.1. The summed E-state index contributed by atoms with van der Waals surface area (Å²) >= 11 is 0. The molecular formula is C26H27F4NO2S. The molecule has 0 aliphatic carbocycles. The topological polar surface area (TPSA) is 40.5 Å². The molecule has 3 nitrogen and oxygen atoms in total. The summed E-state index contributed by atoms with van der Waals surface area (Å²) in [6, 6.07) is 23.3. The molecule has 1 saturated heterocycles.